The molecular formula is C26H28N6O4S2. The number of nitrogens with one attached hydrogen (secondary N) is 2. The SMILES string of the molecule is O=C(Nc1nnc([C@H]2CCC[C@H](c3nnc(NC(=O)[C@H](O)c4ccccc4)s3)C2)s1)[C@H](O)C1=CCCC=C1. The van der Waals surface area contributed by atoms with Crippen molar-refractivity contribution >= 4 is 44.8 Å². The van der Waals surface area contributed by atoms with E-state index in [1.807, 2.05) is 18.2 Å². The van der Waals surface area contributed by atoms with Crippen LogP contribution in [0.25, 0.3) is 0 Å². The van der Waals surface area contributed by atoms with Gasteiger partial charge in [0.05, 0.1) is 0 Å². The molecule has 5 rings (SSSR count). The van der Waals surface area contributed by atoms with Gasteiger partial charge in [-0.3, -0.25) is 20.2 Å². The van der Waals surface area contributed by atoms with Crippen LogP contribution in [0.4, 0.5) is 10.3 Å². The van der Waals surface area contributed by atoms with Crippen LogP contribution in [-0.2, 0) is 9.59 Å². The van der Waals surface area contributed by atoms with Crippen molar-refractivity contribution in [1.29, 1.82) is 0 Å². The quantitative estimate of drug-likeness (QED) is 0.326. The highest BCUT2D eigenvalue weighted by atomic mass is 32.1. The summed E-state index contributed by atoms with van der Waals surface area (Å²) in [4.78, 5) is 24.9. The summed E-state index contributed by atoms with van der Waals surface area (Å²) in [6.45, 7) is 0. The fourth-order valence-corrected chi connectivity index (χ4v) is 6.45. The zero-order valence-electron chi connectivity index (χ0n) is 20.5. The van der Waals surface area contributed by atoms with Crippen molar-refractivity contribution in [2.75, 3.05) is 10.6 Å². The van der Waals surface area contributed by atoms with E-state index in [2.05, 4.69) is 31.0 Å². The Kier molecular flexibility index (Phi) is 8.32. The Morgan fingerprint density at radius 1 is 0.842 bits per heavy atom. The van der Waals surface area contributed by atoms with Gasteiger partial charge in [-0.15, -0.1) is 20.4 Å². The van der Waals surface area contributed by atoms with Crippen LogP contribution in [0.5, 0.6) is 0 Å². The molecule has 3 aromatic rings. The fourth-order valence-electron chi connectivity index (χ4n) is 4.66. The van der Waals surface area contributed by atoms with Crippen molar-refractivity contribution in [2.24, 2.45) is 0 Å². The van der Waals surface area contributed by atoms with E-state index in [9.17, 15) is 19.8 Å². The first-order valence-corrected chi connectivity index (χ1v) is 14.2. The number of amides is 2. The van der Waals surface area contributed by atoms with Gasteiger partial charge >= 0.3 is 0 Å². The Labute approximate surface area is 227 Å². The molecule has 0 unspecified atom stereocenters. The number of aromatic nitrogens is 4. The number of carbonyl (C=O) groups excluding carboxylic acids is 2. The highest BCUT2D eigenvalue weighted by Crippen LogP contribution is 2.43. The maximum absolute atomic E-state index is 12.5. The lowest BCUT2D eigenvalue weighted by Gasteiger charge is -2.25. The van der Waals surface area contributed by atoms with Crippen LogP contribution in [0, 0.1) is 0 Å². The van der Waals surface area contributed by atoms with Gasteiger partial charge in [-0.25, -0.2) is 0 Å². The minimum absolute atomic E-state index is 0.157. The molecule has 0 saturated heterocycles. The molecule has 4 atom stereocenters. The number of rotatable bonds is 8. The van der Waals surface area contributed by atoms with Crippen molar-refractivity contribution in [3.63, 3.8) is 0 Å². The van der Waals surface area contributed by atoms with Gasteiger partial charge in [0.2, 0.25) is 10.3 Å². The first-order chi connectivity index (χ1) is 18.5. The van der Waals surface area contributed by atoms with E-state index < -0.39 is 24.0 Å². The van der Waals surface area contributed by atoms with Crippen molar-refractivity contribution in [2.45, 2.75) is 62.6 Å². The largest absolute Gasteiger partial charge is 0.378 e. The van der Waals surface area contributed by atoms with Crippen molar-refractivity contribution < 1.29 is 19.8 Å². The van der Waals surface area contributed by atoms with E-state index in [-0.39, 0.29) is 11.8 Å². The van der Waals surface area contributed by atoms with E-state index in [4.69, 9.17) is 0 Å². The van der Waals surface area contributed by atoms with Gasteiger partial charge in [0.15, 0.2) is 12.2 Å². The van der Waals surface area contributed by atoms with Crippen LogP contribution >= 0.6 is 22.7 Å². The number of nitrogens with zero attached hydrogens (tertiary/aromatic N) is 4. The zero-order chi connectivity index (χ0) is 26.5. The van der Waals surface area contributed by atoms with Gasteiger partial charge in [-0.2, -0.15) is 0 Å². The van der Waals surface area contributed by atoms with Gasteiger partial charge in [0.1, 0.15) is 10.0 Å². The third kappa shape index (κ3) is 6.21. The monoisotopic (exact) mass is 552 g/mol. The summed E-state index contributed by atoms with van der Waals surface area (Å²) in [5.41, 5.74) is 1.10. The minimum atomic E-state index is -1.29. The smallest absolute Gasteiger partial charge is 0.259 e. The molecule has 2 aliphatic carbocycles. The third-order valence-corrected chi connectivity index (χ3v) is 8.67. The standard InChI is InChI=1S/C26H28N6O4S2/c33-19(15-8-3-1-4-9-15)21(35)27-25-31-29-23(37-25)17-12-7-13-18(14-17)24-30-32-26(38-24)28-22(36)20(34)16-10-5-2-6-11-16/h1,3-5,8-11,17-20,33-34H,2,6-7,12-14H2,(H,27,31,35)(H,28,32,36)/t17-,18-,19+,20+/m0/s1. The van der Waals surface area contributed by atoms with Gasteiger partial charge < -0.3 is 10.2 Å². The maximum atomic E-state index is 12.5. The molecule has 1 saturated carbocycles. The summed E-state index contributed by atoms with van der Waals surface area (Å²) in [6.07, 6.45) is 8.45. The van der Waals surface area contributed by atoms with Crippen LogP contribution in [-0.4, -0.2) is 48.5 Å². The molecule has 38 heavy (non-hydrogen) atoms. The Balaban J connectivity index is 1.17. The van der Waals surface area contributed by atoms with Gasteiger partial charge in [0, 0.05) is 11.8 Å². The molecule has 1 fully saturated rings. The van der Waals surface area contributed by atoms with E-state index in [0.29, 0.717) is 21.4 Å². The molecule has 2 aromatic heterocycles. The lowest BCUT2D eigenvalue weighted by Crippen LogP contribution is -2.29. The Hall–Kier alpha value is -3.32. The first-order valence-electron chi connectivity index (χ1n) is 12.5. The second-order valence-electron chi connectivity index (χ2n) is 9.33. The third-order valence-electron chi connectivity index (χ3n) is 6.67. The van der Waals surface area contributed by atoms with Crippen molar-refractivity contribution in [3.05, 3.63) is 69.7 Å². The number of aliphatic hydroxyl groups excluding tert-OH is 2. The number of allylic oxidation sites excluding steroid dienone is 2. The lowest BCUT2D eigenvalue weighted by molar-refractivity contribution is -0.124. The van der Waals surface area contributed by atoms with Crippen LogP contribution in [0.3, 0.4) is 0 Å². The van der Waals surface area contributed by atoms with Crippen LogP contribution in [0.2, 0.25) is 0 Å². The molecule has 4 N–H and O–H groups in total. The van der Waals surface area contributed by atoms with E-state index in [1.165, 1.54) is 22.7 Å². The summed E-state index contributed by atoms with van der Waals surface area (Å²) in [5.74, 6) is -0.755. The van der Waals surface area contributed by atoms with Crippen LogP contribution in [0.15, 0.2) is 54.1 Å². The zero-order valence-corrected chi connectivity index (χ0v) is 22.1. The predicted octanol–water partition coefficient (Wildman–Crippen LogP) is 4.08. The highest BCUT2D eigenvalue weighted by Gasteiger charge is 2.30. The number of anilines is 2. The second-order valence-corrected chi connectivity index (χ2v) is 11.3. The number of hydrogen-bond acceptors (Lipinski definition) is 10. The van der Waals surface area contributed by atoms with Crippen LogP contribution in [0.1, 0.15) is 72.0 Å². The first kappa shape index (κ1) is 26.3. The predicted molar refractivity (Wildman–Crippen MR) is 145 cm³/mol. The molecule has 2 aliphatic rings. The summed E-state index contributed by atoms with van der Waals surface area (Å²) in [7, 11) is 0. The number of hydrogen-bond donors (Lipinski definition) is 4. The number of aliphatic hydroxyl groups is 2. The van der Waals surface area contributed by atoms with E-state index >= 15 is 0 Å². The Morgan fingerprint density at radius 2 is 1.45 bits per heavy atom. The maximum Gasteiger partial charge on any atom is 0.259 e. The van der Waals surface area contributed by atoms with E-state index in [1.54, 1.807) is 30.3 Å². The molecule has 0 spiro atoms. The Bertz CT molecular complexity index is 1340. The average molecular weight is 553 g/mol. The van der Waals surface area contributed by atoms with Crippen molar-refractivity contribution in [1.82, 2.24) is 20.4 Å². The molecule has 0 radical (unpaired) electrons. The normalized spacial score (nSPS) is 20.8. The van der Waals surface area contributed by atoms with Gasteiger partial charge in [0.25, 0.3) is 11.8 Å². The topological polar surface area (TPSA) is 150 Å². The van der Waals surface area contributed by atoms with Crippen LogP contribution < -0.4 is 10.6 Å². The summed E-state index contributed by atoms with van der Waals surface area (Å²) >= 11 is 2.64. The molecule has 198 valence electrons. The molecule has 2 heterocycles. The molecule has 1 aromatic carbocycles. The Morgan fingerprint density at radius 3 is 2.03 bits per heavy atom. The molecule has 12 heteroatoms. The summed E-state index contributed by atoms with van der Waals surface area (Å²) in [6, 6.07) is 8.73. The number of benzene rings is 1. The fraction of sp³-hybridized carbons (Fsp3) is 0.385. The molecule has 10 nitrogen and oxygen atoms in total. The van der Waals surface area contributed by atoms with Gasteiger partial charge in [-0.1, -0.05) is 77.7 Å². The molecular weight excluding hydrogens is 524 g/mol. The van der Waals surface area contributed by atoms with Crippen molar-refractivity contribution in [3.8, 4) is 0 Å². The van der Waals surface area contributed by atoms with E-state index in [0.717, 1.165) is 48.5 Å². The summed E-state index contributed by atoms with van der Waals surface area (Å²) < 4.78 is 0. The van der Waals surface area contributed by atoms with Gasteiger partial charge in [-0.05, 0) is 43.2 Å². The second kappa shape index (κ2) is 12.0. The number of carbonyl (C=O) groups is 2. The molecule has 2 amide bonds. The lowest BCUT2D eigenvalue weighted by atomic mass is 9.82. The highest BCUT2D eigenvalue weighted by molar-refractivity contribution is 7.15. The molecule has 0 bridgehead atoms. The minimum Gasteiger partial charge on any atom is -0.378 e. The summed E-state index contributed by atoms with van der Waals surface area (Å²) in [5, 5.41) is 45.2. The average Bonchev–Trinajstić information content (AvgIpc) is 3.63. The molecule has 0 aliphatic heterocycles.